The molecule has 2 aromatic carbocycles. The fourth-order valence-corrected chi connectivity index (χ4v) is 6.06. The zero-order valence-electron chi connectivity index (χ0n) is 24.2. The highest BCUT2D eigenvalue weighted by Crippen LogP contribution is 2.28. The van der Waals surface area contributed by atoms with Crippen LogP contribution in [-0.4, -0.2) is 0 Å². The van der Waals surface area contributed by atoms with E-state index in [9.17, 15) is 0 Å². The normalized spacial score (nSPS) is 21.2. The molecule has 1 heterocycles. The van der Waals surface area contributed by atoms with Gasteiger partial charge in [-0.2, -0.15) is 0 Å². The average Bonchev–Trinajstić information content (AvgIpc) is 3.34. The third kappa shape index (κ3) is 7.77. The topological polar surface area (TPSA) is 26.0 Å². The Kier molecular flexibility index (Phi) is 11.1. The SMILES string of the molecule is C=C/C=C\C(C(=C)/C=C(\C=C/C)C1=C/C=C/C=c2\c(sc3ccccc23)=C/C=C/C(C(N)c2ccccc2)=C\1)=C(/C)S. The summed E-state index contributed by atoms with van der Waals surface area (Å²) in [7, 11) is 0. The number of benzene rings is 2. The smallest absolute Gasteiger partial charge is 0.0551 e. The number of thiophene rings is 1. The lowest BCUT2D eigenvalue weighted by Gasteiger charge is -2.16. The van der Waals surface area contributed by atoms with Crippen LogP contribution >= 0.6 is 24.0 Å². The van der Waals surface area contributed by atoms with Crippen molar-refractivity contribution in [2.24, 2.45) is 5.73 Å². The first-order valence-electron chi connectivity index (χ1n) is 13.9. The molecule has 2 N–H and O–H groups in total. The molecule has 3 aromatic rings. The molecule has 1 nitrogen and oxygen atoms in total. The Morgan fingerprint density at radius 3 is 2.43 bits per heavy atom. The quantitative estimate of drug-likeness (QED) is 0.201. The lowest BCUT2D eigenvalue weighted by atomic mass is 9.92. The van der Waals surface area contributed by atoms with Crippen molar-refractivity contribution in [2.45, 2.75) is 19.9 Å². The Labute approximate surface area is 259 Å². The molecule has 0 fully saturated rings. The van der Waals surface area contributed by atoms with E-state index in [2.05, 4.69) is 123 Å². The maximum atomic E-state index is 6.91. The van der Waals surface area contributed by atoms with Gasteiger partial charge in [0.1, 0.15) is 0 Å². The zero-order chi connectivity index (χ0) is 29.9. The number of rotatable bonds is 8. The fourth-order valence-electron chi connectivity index (χ4n) is 4.74. The Bertz CT molecular complexity index is 1830. The minimum Gasteiger partial charge on any atom is -0.320 e. The van der Waals surface area contributed by atoms with Crippen LogP contribution in [0.3, 0.4) is 0 Å². The van der Waals surface area contributed by atoms with Crippen LogP contribution in [0.2, 0.25) is 0 Å². The molecular formula is C39H37NS2. The predicted molar refractivity (Wildman–Crippen MR) is 191 cm³/mol. The van der Waals surface area contributed by atoms with Crippen LogP contribution in [-0.2, 0) is 0 Å². The number of nitrogens with two attached hydrogens (primary N) is 1. The van der Waals surface area contributed by atoms with Gasteiger partial charge in [-0.25, -0.2) is 0 Å². The molecule has 0 amide bonds. The van der Waals surface area contributed by atoms with E-state index >= 15 is 0 Å². The Morgan fingerprint density at radius 2 is 1.69 bits per heavy atom. The number of hydrogen-bond donors (Lipinski definition) is 2. The maximum absolute atomic E-state index is 6.91. The molecule has 1 aliphatic rings. The van der Waals surface area contributed by atoms with Crippen LogP contribution < -0.4 is 15.5 Å². The van der Waals surface area contributed by atoms with Crippen molar-refractivity contribution in [3.63, 3.8) is 0 Å². The molecule has 0 saturated heterocycles. The summed E-state index contributed by atoms with van der Waals surface area (Å²) in [5.41, 5.74) is 12.8. The predicted octanol–water partition coefficient (Wildman–Crippen LogP) is 9.15. The molecule has 1 unspecified atom stereocenters. The van der Waals surface area contributed by atoms with Gasteiger partial charge in [0.15, 0.2) is 0 Å². The number of allylic oxidation sites excluding steroid dienone is 16. The fraction of sp³-hybridized carbons (Fsp3) is 0.0769. The average molecular weight is 584 g/mol. The molecular weight excluding hydrogens is 547 g/mol. The van der Waals surface area contributed by atoms with Crippen molar-refractivity contribution in [2.75, 3.05) is 0 Å². The molecule has 0 bridgehead atoms. The van der Waals surface area contributed by atoms with E-state index < -0.39 is 0 Å². The van der Waals surface area contributed by atoms with Crippen molar-refractivity contribution < 1.29 is 0 Å². The Morgan fingerprint density at radius 1 is 0.952 bits per heavy atom. The van der Waals surface area contributed by atoms with E-state index in [0.29, 0.717) is 0 Å². The summed E-state index contributed by atoms with van der Waals surface area (Å²) in [6.07, 6.45) is 29.0. The zero-order valence-corrected chi connectivity index (χ0v) is 25.9. The number of hydrogen-bond acceptors (Lipinski definition) is 3. The summed E-state index contributed by atoms with van der Waals surface area (Å²) >= 11 is 6.42. The van der Waals surface area contributed by atoms with Crippen molar-refractivity contribution in [1.29, 1.82) is 0 Å². The third-order valence-corrected chi connectivity index (χ3v) is 8.23. The van der Waals surface area contributed by atoms with Crippen LogP contribution in [0.5, 0.6) is 0 Å². The summed E-state index contributed by atoms with van der Waals surface area (Å²) in [5.74, 6) is 0. The van der Waals surface area contributed by atoms with Gasteiger partial charge in [0.05, 0.1) is 6.04 Å². The summed E-state index contributed by atoms with van der Waals surface area (Å²) < 4.78 is 2.49. The summed E-state index contributed by atoms with van der Waals surface area (Å²) in [4.78, 5) is 0.885. The second kappa shape index (κ2) is 15.2. The first kappa shape index (κ1) is 30.8. The molecule has 1 atom stereocenters. The minimum absolute atomic E-state index is 0.305. The molecule has 0 aliphatic heterocycles. The lowest BCUT2D eigenvalue weighted by molar-refractivity contribution is 0.869. The first-order chi connectivity index (χ1) is 20.4. The second-order valence-corrected chi connectivity index (χ2v) is 11.6. The highest BCUT2D eigenvalue weighted by atomic mass is 32.1. The van der Waals surface area contributed by atoms with Crippen LogP contribution in [0.1, 0.15) is 25.5 Å². The first-order valence-corrected chi connectivity index (χ1v) is 15.2. The largest absolute Gasteiger partial charge is 0.320 e. The van der Waals surface area contributed by atoms with Gasteiger partial charge in [0, 0.05) is 19.8 Å². The van der Waals surface area contributed by atoms with E-state index in [1.165, 1.54) is 19.8 Å². The molecule has 3 heteroatoms. The minimum atomic E-state index is -0.305. The Hall–Kier alpha value is -4.15. The molecule has 0 saturated carbocycles. The van der Waals surface area contributed by atoms with Gasteiger partial charge in [-0.05, 0) is 76.5 Å². The summed E-state index contributed by atoms with van der Waals surface area (Å²) in [6, 6.07) is 18.5. The maximum Gasteiger partial charge on any atom is 0.0551 e. The van der Waals surface area contributed by atoms with Gasteiger partial charge < -0.3 is 5.73 Å². The molecule has 4 rings (SSSR count). The van der Waals surface area contributed by atoms with Crippen molar-refractivity contribution in [3.8, 4) is 0 Å². The summed E-state index contributed by atoms with van der Waals surface area (Å²) in [6.45, 7) is 12.2. The lowest BCUT2D eigenvalue weighted by Crippen LogP contribution is -2.17. The summed E-state index contributed by atoms with van der Waals surface area (Å²) in [5, 5.41) is 2.47. The second-order valence-electron chi connectivity index (χ2n) is 9.83. The van der Waals surface area contributed by atoms with Crippen LogP contribution in [0.25, 0.3) is 22.2 Å². The van der Waals surface area contributed by atoms with Gasteiger partial charge in [0.2, 0.25) is 0 Å². The number of fused-ring (bicyclic) bond motifs is 3. The van der Waals surface area contributed by atoms with Gasteiger partial charge in [-0.3, -0.25) is 0 Å². The van der Waals surface area contributed by atoms with Crippen LogP contribution in [0.15, 0.2) is 173 Å². The third-order valence-electron chi connectivity index (χ3n) is 6.83. The van der Waals surface area contributed by atoms with Crippen molar-refractivity contribution >= 4 is 46.2 Å². The molecule has 0 radical (unpaired) electrons. The molecule has 210 valence electrons. The van der Waals surface area contributed by atoms with Crippen molar-refractivity contribution in [1.82, 2.24) is 0 Å². The standard InChI is InChI=1S/C39H37NS2/c1-5-7-21-34(29(4)41)28(3)26-31(16-6-2)32-19-11-12-22-36-35-23-13-14-24-37(35)42-38(36)25-15-20-33(27-32)39(40)30-17-9-8-10-18-30/h5-27,39,41H,1,3,40H2,2,4H3/b12-11+,16-6-,19-11?,20-15+,21-7-,22-12?,25-15?,31-26+,32-19+,32-27?,33-20?,33-27+,34-29-,36-22-,38-25+. The molecule has 1 aromatic heterocycles. The number of thiol groups is 1. The molecule has 1 aliphatic carbocycles. The van der Waals surface area contributed by atoms with Crippen LogP contribution in [0, 0.1) is 0 Å². The highest BCUT2D eigenvalue weighted by molar-refractivity contribution is 7.84. The van der Waals surface area contributed by atoms with Gasteiger partial charge in [0.25, 0.3) is 0 Å². The highest BCUT2D eigenvalue weighted by Gasteiger charge is 2.12. The van der Waals surface area contributed by atoms with Gasteiger partial charge >= 0.3 is 0 Å². The van der Waals surface area contributed by atoms with Gasteiger partial charge in [-0.1, -0.05) is 129 Å². The van der Waals surface area contributed by atoms with E-state index in [1.807, 2.05) is 50.3 Å². The van der Waals surface area contributed by atoms with Gasteiger partial charge in [-0.15, -0.1) is 24.0 Å². The van der Waals surface area contributed by atoms with E-state index in [1.54, 1.807) is 17.4 Å². The molecule has 42 heavy (non-hydrogen) atoms. The van der Waals surface area contributed by atoms with E-state index in [4.69, 9.17) is 5.73 Å². The monoisotopic (exact) mass is 583 g/mol. The van der Waals surface area contributed by atoms with E-state index in [0.717, 1.165) is 38.3 Å². The van der Waals surface area contributed by atoms with Crippen LogP contribution in [0.4, 0.5) is 0 Å². The Balaban J connectivity index is 1.94. The molecule has 0 spiro atoms. The van der Waals surface area contributed by atoms with Crippen molar-refractivity contribution in [3.05, 3.63) is 189 Å². The van der Waals surface area contributed by atoms with E-state index in [-0.39, 0.29) is 6.04 Å².